The van der Waals surface area contributed by atoms with E-state index in [0.29, 0.717) is 18.9 Å². The number of benzene rings is 1. The molecule has 1 unspecified atom stereocenters. The molecule has 7 nitrogen and oxygen atoms in total. The van der Waals surface area contributed by atoms with Crippen molar-refractivity contribution in [3.8, 4) is 5.69 Å². The molecule has 1 aliphatic heterocycles. The Labute approximate surface area is 189 Å². The van der Waals surface area contributed by atoms with Crippen LogP contribution < -0.4 is 10.6 Å². The normalized spacial score (nSPS) is 19.5. The van der Waals surface area contributed by atoms with Gasteiger partial charge in [-0.15, -0.1) is 0 Å². The third kappa shape index (κ3) is 5.66. The van der Waals surface area contributed by atoms with Gasteiger partial charge in [-0.05, 0) is 56.5 Å². The zero-order valence-electron chi connectivity index (χ0n) is 18.8. The number of nitrogens with one attached hydrogen (secondary N) is 2. The lowest BCUT2D eigenvalue weighted by Gasteiger charge is -2.21. The summed E-state index contributed by atoms with van der Waals surface area (Å²) in [5, 5.41) is 11.4. The number of nitrogens with zero attached hydrogens (tertiary/aromatic N) is 4. The molecular weight excluding hydrogens is 407 g/mol. The maximum Gasteiger partial charge on any atom is 0.225 e. The van der Waals surface area contributed by atoms with Gasteiger partial charge in [-0.3, -0.25) is 9.79 Å². The third-order valence-corrected chi connectivity index (χ3v) is 6.26. The number of aromatic nitrogens is 2. The van der Waals surface area contributed by atoms with Gasteiger partial charge >= 0.3 is 0 Å². The molecule has 2 heterocycles. The number of rotatable bonds is 7. The number of hydrogen-bond donors (Lipinski definition) is 2. The highest BCUT2D eigenvalue weighted by Gasteiger charge is 2.32. The fourth-order valence-corrected chi connectivity index (χ4v) is 4.54. The van der Waals surface area contributed by atoms with E-state index in [1.807, 2.05) is 24.1 Å². The Hall–Kier alpha value is -2.90. The Bertz CT molecular complexity index is 919. The van der Waals surface area contributed by atoms with E-state index < -0.39 is 0 Å². The molecule has 2 aromatic rings. The number of aliphatic imine (C=N–C) groups is 1. The van der Waals surface area contributed by atoms with Crippen LogP contribution in [0, 0.1) is 11.7 Å². The van der Waals surface area contributed by atoms with Gasteiger partial charge in [-0.2, -0.15) is 5.10 Å². The van der Waals surface area contributed by atoms with Crippen LogP contribution in [0.2, 0.25) is 0 Å². The summed E-state index contributed by atoms with van der Waals surface area (Å²) in [5.41, 5.74) is 1.76. The zero-order valence-corrected chi connectivity index (χ0v) is 18.8. The summed E-state index contributed by atoms with van der Waals surface area (Å²) < 4.78 is 14.9. The maximum atomic E-state index is 13.1. The average Bonchev–Trinajstić information content (AvgIpc) is 3.56. The van der Waals surface area contributed by atoms with E-state index in [0.717, 1.165) is 56.2 Å². The number of amides is 1. The van der Waals surface area contributed by atoms with Crippen LogP contribution in [0.25, 0.3) is 5.69 Å². The first-order chi connectivity index (χ1) is 15.6. The number of carbonyl (C=O) groups excluding carboxylic acids is 1. The molecule has 1 atom stereocenters. The molecule has 8 heteroatoms. The Morgan fingerprint density at radius 2 is 1.97 bits per heavy atom. The van der Waals surface area contributed by atoms with Crippen molar-refractivity contribution in [2.24, 2.45) is 10.9 Å². The molecule has 0 bridgehead atoms. The van der Waals surface area contributed by atoms with Gasteiger partial charge in [0, 0.05) is 50.8 Å². The van der Waals surface area contributed by atoms with E-state index in [2.05, 4.69) is 15.7 Å². The molecule has 0 spiro atoms. The Morgan fingerprint density at radius 3 is 2.72 bits per heavy atom. The minimum atomic E-state index is -0.257. The average molecular weight is 441 g/mol. The summed E-state index contributed by atoms with van der Waals surface area (Å²) in [7, 11) is 0. The highest BCUT2D eigenvalue weighted by molar-refractivity contribution is 5.81. The van der Waals surface area contributed by atoms with Gasteiger partial charge in [0.05, 0.1) is 11.4 Å². The van der Waals surface area contributed by atoms with Gasteiger partial charge in [0.15, 0.2) is 5.96 Å². The molecule has 1 saturated heterocycles. The van der Waals surface area contributed by atoms with E-state index in [9.17, 15) is 9.18 Å². The molecule has 1 aromatic carbocycles. The Balaban J connectivity index is 1.28. The second-order valence-electron chi connectivity index (χ2n) is 8.63. The van der Waals surface area contributed by atoms with E-state index in [1.54, 1.807) is 16.8 Å². The summed E-state index contributed by atoms with van der Waals surface area (Å²) in [6, 6.07) is 8.47. The first-order valence-electron chi connectivity index (χ1n) is 11.8. The number of likely N-dealkylation sites (tertiary alicyclic amines) is 1. The Morgan fingerprint density at radius 1 is 1.19 bits per heavy atom. The molecule has 2 aliphatic rings. The van der Waals surface area contributed by atoms with Crippen molar-refractivity contribution < 1.29 is 9.18 Å². The van der Waals surface area contributed by atoms with Crippen molar-refractivity contribution in [1.82, 2.24) is 25.3 Å². The summed E-state index contributed by atoms with van der Waals surface area (Å²) in [4.78, 5) is 19.4. The molecule has 1 saturated carbocycles. The molecular formula is C24H33FN6O. The van der Waals surface area contributed by atoms with Gasteiger partial charge in [0.1, 0.15) is 5.82 Å². The molecule has 1 amide bonds. The second-order valence-corrected chi connectivity index (χ2v) is 8.63. The van der Waals surface area contributed by atoms with Crippen LogP contribution in [0.15, 0.2) is 41.5 Å². The first-order valence-corrected chi connectivity index (χ1v) is 11.8. The van der Waals surface area contributed by atoms with Crippen LogP contribution >= 0.6 is 0 Å². The lowest BCUT2D eigenvalue weighted by molar-refractivity contribution is -0.134. The van der Waals surface area contributed by atoms with Crippen molar-refractivity contribution in [3.05, 3.63) is 48.0 Å². The monoisotopic (exact) mass is 440 g/mol. The number of halogens is 1. The lowest BCUT2D eigenvalue weighted by atomic mass is 10.1. The highest BCUT2D eigenvalue weighted by atomic mass is 19.1. The molecule has 2 N–H and O–H groups in total. The minimum absolute atomic E-state index is 0.232. The molecule has 0 radical (unpaired) electrons. The fraction of sp³-hybridized carbons (Fsp3) is 0.542. The fourth-order valence-electron chi connectivity index (χ4n) is 4.54. The van der Waals surface area contributed by atoms with Gasteiger partial charge in [0.25, 0.3) is 0 Å². The van der Waals surface area contributed by atoms with Gasteiger partial charge in [-0.1, -0.05) is 12.8 Å². The predicted molar refractivity (Wildman–Crippen MR) is 123 cm³/mol. The minimum Gasteiger partial charge on any atom is -0.357 e. The van der Waals surface area contributed by atoms with Crippen LogP contribution in [-0.2, 0) is 11.2 Å². The van der Waals surface area contributed by atoms with E-state index in [1.165, 1.54) is 25.0 Å². The maximum absolute atomic E-state index is 13.1. The molecule has 1 aromatic heterocycles. The van der Waals surface area contributed by atoms with Gasteiger partial charge in [-0.25, -0.2) is 9.07 Å². The van der Waals surface area contributed by atoms with E-state index in [-0.39, 0.29) is 17.8 Å². The molecule has 32 heavy (non-hydrogen) atoms. The van der Waals surface area contributed by atoms with Crippen LogP contribution in [-0.4, -0.2) is 58.8 Å². The van der Waals surface area contributed by atoms with Crippen LogP contribution in [0.5, 0.6) is 0 Å². The summed E-state index contributed by atoms with van der Waals surface area (Å²) >= 11 is 0. The quantitative estimate of drug-likeness (QED) is 0.513. The highest BCUT2D eigenvalue weighted by Crippen LogP contribution is 2.27. The van der Waals surface area contributed by atoms with Crippen molar-refractivity contribution in [2.75, 3.05) is 26.2 Å². The Kier molecular flexibility index (Phi) is 7.39. The summed E-state index contributed by atoms with van der Waals surface area (Å²) in [6.45, 7) is 5.01. The van der Waals surface area contributed by atoms with Gasteiger partial charge < -0.3 is 15.5 Å². The smallest absolute Gasteiger partial charge is 0.225 e. The summed E-state index contributed by atoms with van der Waals surface area (Å²) in [6.07, 6.45) is 8.01. The predicted octanol–water partition coefficient (Wildman–Crippen LogP) is 2.90. The molecule has 172 valence electrons. The standard InChI is InChI=1S/C24H33FN6O/c1-2-26-24(28-21-12-15-30(17-21)23(32)18-5-3-4-6-18)27-14-11-20-13-16-31(29-20)22-9-7-19(25)8-10-22/h7-10,13,16,18,21H,2-6,11-12,14-15,17H2,1H3,(H2,26,27,28). The molecule has 1 aliphatic carbocycles. The lowest BCUT2D eigenvalue weighted by Crippen LogP contribution is -2.45. The van der Waals surface area contributed by atoms with Crippen molar-refractivity contribution in [1.29, 1.82) is 0 Å². The van der Waals surface area contributed by atoms with Crippen LogP contribution in [0.3, 0.4) is 0 Å². The largest absolute Gasteiger partial charge is 0.357 e. The SMILES string of the molecule is CCNC(=NCCc1ccn(-c2ccc(F)cc2)n1)NC1CCN(C(=O)C2CCCC2)C1. The van der Waals surface area contributed by atoms with Crippen molar-refractivity contribution in [3.63, 3.8) is 0 Å². The van der Waals surface area contributed by atoms with Crippen molar-refractivity contribution >= 4 is 11.9 Å². The second kappa shape index (κ2) is 10.6. The third-order valence-electron chi connectivity index (χ3n) is 6.26. The number of carbonyl (C=O) groups is 1. The number of hydrogen-bond acceptors (Lipinski definition) is 3. The van der Waals surface area contributed by atoms with Crippen LogP contribution in [0.1, 0.15) is 44.7 Å². The molecule has 4 rings (SSSR count). The van der Waals surface area contributed by atoms with Gasteiger partial charge in [0.2, 0.25) is 5.91 Å². The first kappa shape index (κ1) is 22.3. The van der Waals surface area contributed by atoms with E-state index in [4.69, 9.17) is 4.99 Å². The van der Waals surface area contributed by atoms with Crippen LogP contribution in [0.4, 0.5) is 4.39 Å². The topological polar surface area (TPSA) is 74.6 Å². The summed E-state index contributed by atoms with van der Waals surface area (Å²) in [5.74, 6) is 1.11. The van der Waals surface area contributed by atoms with E-state index >= 15 is 0 Å². The number of guanidine groups is 1. The zero-order chi connectivity index (χ0) is 22.3. The molecule has 2 fully saturated rings. The van der Waals surface area contributed by atoms with Crippen molar-refractivity contribution in [2.45, 2.75) is 51.5 Å².